The van der Waals surface area contributed by atoms with Crippen molar-refractivity contribution in [1.82, 2.24) is 0 Å². The van der Waals surface area contributed by atoms with Crippen LogP contribution in [-0.2, 0) is 6.42 Å². The topological polar surface area (TPSA) is 46.2 Å². The number of hydrogen-bond acceptors (Lipinski definition) is 3. The minimum absolute atomic E-state index is 0.111. The highest BCUT2D eigenvalue weighted by atomic mass is 32.2. The van der Waals surface area contributed by atoms with E-state index in [2.05, 4.69) is 26.8 Å². The third-order valence-corrected chi connectivity index (χ3v) is 4.60. The summed E-state index contributed by atoms with van der Waals surface area (Å²) in [7, 11) is 0. The number of aliphatic hydroxyl groups excluding tert-OH is 1. The molecular weight excluding hydrogens is 290 g/mol. The largest absolute Gasteiger partial charge is 0.391 e. The Morgan fingerprint density at radius 3 is 2.23 bits per heavy atom. The molecule has 0 amide bonds. The van der Waals surface area contributed by atoms with Crippen molar-refractivity contribution < 1.29 is 5.11 Å². The molecule has 0 saturated heterocycles. The van der Waals surface area contributed by atoms with Crippen molar-refractivity contribution in [3.8, 4) is 0 Å². The molecule has 3 N–H and O–H groups in total. The first-order valence-corrected chi connectivity index (χ1v) is 8.44. The van der Waals surface area contributed by atoms with E-state index in [0.29, 0.717) is 6.42 Å². The summed E-state index contributed by atoms with van der Waals surface area (Å²) in [5.74, 6) is 0. The molecule has 2 aromatic rings. The van der Waals surface area contributed by atoms with Gasteiger partial charge in [0.15, 0.2) is 0 Å². The van der Waals surface area contributed by atoms with Crippen LogP contribution in [0.3, 0.4) is 0 Å². The second-order valence-electron chi connectivity index (χ2n) is 6.54. The Morgan fingerprint density at radius 2 is 1.59 bits per heavy atom. The minimum Gasteiger partial charge on any atom is -0.391 e. The van der Waals surface area contributed by atoms with Gasteiger partial charge in [0.25, 0.3) is 0 Å². The van der Waals surface area contributed by atoms with Gasteiger partial charge in [-0.1, -0.05) is 69.3 Å². The lowest BCUT2D eigenvalue weighted by Gasteiger charge is -2.25. The predicted octanol–water partition coefficient (Wildman–Crippen LogP) is 4.18. The van der Waals surface area contributed by atoms with Gasteiger partial charge < -0.3 is 10.8 Å². The SMILES string of the molecule is CC(C)(C)Sc1ccccc1[C@H](N)[C@H](O)Cc1ccccc1. The molecular formula is C19H25NOS. The smallest absolute Gasteiger partial charge is 0.0773 e. The number of thioether (sulfide) groups is 1. The molecule has 118 valence electrons. The zero-order valence-corrected chi connectivity index (χ0v) is 14.3. The highest BCUT2D eigenvalue weighted by Gasteiger charge is 2.22. The van der Waals surface area contributed by atoms with Gasteiger partial charge >= 0.3 is 0 Å². The standard InChI is InChI=1S/C19H25NOS/c1-19(2,3)22-17-12-8-7-11-15(17)18(20)16(21)13-14-9-5-4-6-10-14/h4-12,16,18,21H,13,20H2,1-3H3/t16-,18+/m1/s1. The fourth-order valence-corrected chi connectivity index (χ4v) is 3.50. The Kier molecular flexibility index (Phi) is 5.68. The van der Waals surface area contributed by atoms with Crippen LogP contribution in [0.4, 0.5) is 0 Å². The van der Waals surface area contributed by atoms with Gasteiger partial charge in [0.2, 0.25) is 0 Å². The number of aliphatic hydroxyl groups is 1. The predicted molar refractivity (Wildman–Crippen MR) is 95.1 cm³/mol. The lowest BCUT2D eigenvalue weighted by atomic mass is 9.97. The van der Waals surface area contributed by atoms with Gasteiger partial charge in [0.05, 0.1) is 12.1 Å². The van der Waals surface area contributed by atoms with E-state index in [1.807, 2.05) is 48.5 Å². The molecule has 0 saturated carbocycles. The molecule has 0 aliphatic rings. The number of hydrogen-bond donors (Lipinski definition) is 2. The van der Waals surface area contributed by atoms with E-state index >= 15 is 0 Å². The van der Waals surface area contributed by atoms with Crippen LogP contribution in [0.15, 0.2) is 59.5 Å². The lowest BCUT2D eigenvalue weighted by Crippen LogP contribution is -2.28. The van der Waals surface area contributed by atoms with Crippen molar-refractivity contribution in [2.45, 2.75) is 49.0 Å². The van der Waals surface area contributed by atoms with Crippen LogP contribution in [0.2, 0.25) is 0 Å². The molecule has 0 aromatic heterocycles. The zero-order valence-electron chi connectivity index (χ0n) is 13.5. The second kappa shape index (κ2) is 7.32. The molecule has 0 fully saturated rings. The molecule has 0 spiro atoms. The summed E-state index contributed by atoms with van der Waals surface area (Å²) in [4.78, 5) is 1.15. The van der Waals surface area contributed by atoms with Gasteiger partial charge in [-0.15, -0.1) is 11.8 Å². The first-order valence-electron chi connectivity index (χ1n) is 7.62. The summed E-state index contributed by atoms with van der Waals surface area (Å²) in [5, 5.41) is 10.5. The van der Waals surface area contributed by atoms with E-state index in [9.17, 15) is 5.11 Å². The Morgan fingerprint density at radius 1 is 1.00 bits per heavy atom. The van der Waals surface area contributed by atoms with Crippen LogP contribution in [0, 0.1) is 0 Å². The Bertz CT molecular complexity index is 592. The zero-order chi connectivity index (χ0) is 16.2. The summed E-state index contributed by atoms with van der Waals surface area (Å²) in [5.41, 5.74) is 8.47. The highest BCUT2D eigenvalue weighted by Crippen LogP contribution is 2.36. The van der Waals surface area contributed by atoms with E-state index < -0.39 is 6.10 Å². The number of benzene rings is 2. The molecule has 0 unspecified atom stereocenters. The first-order chi connectivity index (χ1) is 10.4. The van der Waals surface area contributed by atoms with Crippen LogP contribution < -0.4 is 5.73 Å². The molecule has 0 heterocycles. The van der Waals surface area contributed by atoms with Crippen LogP contribution in [0.5, 0.6) is 0 Å². The summed E-state index contributed by atoms with van der Waals surface area (Å²) < 4.78 is 0.111. The quantitative estimate of drug-likeness (QED) is 0.814. The van der Waals surface area contributed by atoms with Gasteiger partial charge in [-0.05, 0) is 17.2 Å². The van der Waals surface area contributed by atoms with Crippen LogP contribution >= 0.6 is 11.8 Å². The second-order valence-corrected chi connectivity index (χ2v) is 8.40. The maximum Gasteiger partial charge on any atom is 0.0773 e. The monoisotopic (exact) mass is 315 g/mol. The fourth-order valence-electron chi connectivity index (χ4n) is 2.37. The van der Waals surface area contributed by atoms with Crippen molar-refractivity contribution in [2.24, 2.45) is 5.73 Å². The van der Waals surface area contributed by atoms with Crippen molar-refractivity contribution in [3.05, 3.63) is 65.7 Å². The summed E-state index contributed by atoms with van der Waals surface area (Å²) in [6.45, 7) is 6.54. The molecule has 2 aromatic carbocycles. The number of nitrogens with two attached hydrogens (primary N) is 1. The van der Waals surface area contributed by atoms with Gasteiger partial charge in [0.1, 0.15) is 0 Å². The van der Waals surface area contributed by atoms with Crippen LogP contribution in [0.1, 0.15) is 37.9 Å². The minimum atomic E-state index is -0.593. The molecule has 0 radical (unpaired) electrons. The first kappa shape index (κ1) is 17.1. The van der Waals surface area contributed by atoms with Gasteiger partial charge in [-0.2, -0.15) is 0 Å². The van der Waals surface area contributed by atoms with E-state index in [1.165, 1.54) is 0 Å². The van der Waals surface area contributed by atoms with Crippen molar-refractivity contribution in [3.63, 3.8) is 0 Å². The molecule has 22 heavy (non-hydrogen) atoms. The summed E-state index contributed by atoms with van der Waals surface area (Å²) in [6.07, 6.45) is -0.0274. The van der Waals surface area contributed by atoms with Crippen LogP contribution in [0.25, 0.3) is 0 Å². The van der Waals surface area contributed by atoms with Crippen molar-refractivity contribution in [2.75, 3.05) is 0 Å². The molecule has 2 nitrogen and oxygen atoms in total. The average Bonchev–Trinajstić information content (AvgIpc) is 2.46. The maximum atomic E-state index is 10.5. The molecule has 2 atom stereocenters. The lowest BCUT2D eigenvalue weighted by molar-refractivity contribution is 0.144. The van der Waals surface area contributed by atoms with Gasteiger partial charge in [-0.25, -0.2) is 0 Å². The summed E-state index contributed by atoms with van der Waals surface area (Å²) >= 11 is 1.79. The Hall–Kier alpha value is -1.29. The van der Waals surface area contributed by atoms with E-state index in [-0.39, 0.29) is 10.8 Å². The van der Waals surface area contributed by atoms with Gasteiger partial charge in [0, 0.05) is 16.1 Å². The third-order valence-electron chi connectivity index (χ3n) is 3.40. The fraction of sp³-hybridized carbons (Fsp3) is 0.368. The molecule has 2 rings (SSSR count). The summed E-state index contributed by atoms with van der Waals surface area (Å²) in [6, 6.07) is 17.7. The third kappa shape index (κ3) is 4.87. The van der Waals surface area contributed by atoms with Crippen LogP contribution in [-0.4, -0.2) is 16.0 Å². The van der Waals surface area contributed by atoms with E-state index in [1.54, 1.807) is 11.8 Å². The number of rotatable bonds is 5. The Balaban J connectivity index is 2.16. The molecule has 3 heteroatoms. The maximum absolute atomic E-state index is 10.5. The molecule has 0 bridgehead atoms. The van der Waals surface area contributed by atoms with E-state index in [4.69, 9.17) is 5.73 Å². The molecule has 0 aliphatic heterocycles. The van der Waals surface area contributed by atoms with Gasteiger partial charge in [-0.3, -0.25) is 0 Å². The Labute approximate surface area is 137 Å². The normalized spacial score (nSPS) is 14.6. The van der Waals surface area contributed by atoms with E-state index in [0.717, 1.165) is 16.0 Å². The average molecular weight is 315 g/mol. The molecule has 0 aliphatic carbocycles. The van der Waals surface area contributed by atoms with Crippen molar-refractivity contribution in [1.29, 1.82) is 0 Å². The highest BCUT2D eigenvalue weighted by molar-refractivity contribution is 8.00. The van der Waals surface area contributed by atoms with Crippen molar-refractivity contribution >= 4 is 11.8 Å².